The van der Waals surface area contributed by atoms with Gasteiger partial charge < -0.3 is 29.2 Å². The predicted molar refractivity (Wildman–Crippen MR) is 173 cm³/mol. The summed E-state index contributed by atoms with van der Waals surface area (Å²) in [6.07, 6.45) is 8.25. The first kappa shape index (κ1) is 31.0. The van der Waals surface area contributed by atoms with Gasteiger partial charge in [-0.3, -0.25) is 9.78 Å². The Morgan fingerprint density at radius 3 is 2.82 bits per heavy atom. The molecule has 0 spiro atoms. The molecule has 1 saturated heterocycles. The number of amides is 1. The third-order valence-corrected chi connectivity index (χ3v) is 9.47. The topological polar surface area (TPSA) is 82.3 Å². The van der Waals surface area contributed by atoms with Crippen molar-refractivity contribution < 1.29 is 13.9 Å². The summed E-state index contributed by atoms with van der Waals surface area (Å²) in [6, 6.07) is 5.63. The Kier molecular flexibility index (Phi) is 9.33. The SMILES string of the molecule is [C-]#[N+]C[C@H]1CN(c2nc(OCCN(C)CC3CCC3)nc3c2CCN(c2cncc4cccc(Cl)c24)C3)CCN1C(=O)C(=C)F. The van der Waals surface area contributed by atoms with E-state index in [0.29, 0.717) is 50.2 Å². The maximum atomic E-state index is 13.8. The van der Waals surface area contributed by atoms with E-state index in [2.05, 4.69) is 38.2 Å². The van der Waals surface area contributed by atoms with Crippen LogP contribution in [0.25, 0.3) is 15.6 Å². The molecule has 3 aromatic rings. The van der Waals surface area contributed by atoms with E-state index in [1.54, 1.807) is 0 Å². The molecule has 4 heterocycles. The number of likely N-dealkylation sites (N-methyl/N-ethyl adjacent to an activating group) is 1. The molecule has 6 rings (SSSR count). The molecule has 236 valence electrons. The van der Waals surface area contributed by atoms with Crippen LogP contribution < -0.4 is 14.5 Å². The monoisotopic (exact) mass is 632 g/mol. The Hall–Kier alpha value is -4.01. The van der Waals surface area contributed by atoms with E-state index in [1.165, 1.54) is 24.2 Å². The molecular weight excluding hydrogens is 595 g/mol. The summed E-state index contributed by atoms with van der Waals surface area (Å²) in [5, 5.41) is 2.59. The Balaban J connectivity index is 1.28. The van der Waals surface area contributed by atoms with Crippen LogP contribution in [0.3, 0.4) is 0 Å². The Bertz CT molecular complexity index is 1620. The fourth-order valence-electron chi connectivity index (χ4n) is 6.56. The number of pyridine rings is 1. The number of ether oxygens (including phenoxy) is 1. The molecule has 12 heteroatoms. The van der Waals surface area contributed by atoms with Crippen LogP contribution >= 0.6 is 11.6 Å². The number of halogens is 2. The van der Waals surface area contributed by atoms with Crippen LogP contribution in [0.5, 0.6) is 6.01 Å². The molecule has 2 fully saturated rings. The summed E-state index contributed by atoms with van der Waals surface area (Å²) in [5.74, 6) is -0.263. The van der Waals surface area contributed by atoms with Crippen molar-refractivity contribution in [3.63, 3.8) is 0 Å². The van der Waals surface area contributed by atoms with Crippen LogP contribution in [0.4, 0.5) is 15.9 Å². The minimum Gasteiger partial charge on any atom is -0.462 e. The average molecular weight is 633 g/mol. The van der Waals surface area contributed by atoms with Gasteiger partial charge in [-0.25, -0.2) is 11.0 Å². The third-order valence-electron chi connectivity index (χ3n) is 9.15. The second-order valence-corrected chi connectivity index (χ2v) is 12.6. The van der Waals surface area contributed by atoms with Crippen LogP contribution in [0, 0.1) is 12.5 Å². The van der Waals surface area contributed by atoms with Crippen LogP contribution in [-0.2, 0) is 17.8 Å². The van der Waals surface area contributed by atoms with Crippen molar-refractivity contribution in [1.29, 1.82) is 0 Å². The number of anilines is 2. The number of aromatic nitrogens is 3. The number of benzene rings is 1. The number of carbonyl (C=O) groups excluding carboxylic acids is 1. The zero-order valence-corrected chi connectivity index (χ0v) is 26.3. The van der Waals surface area contributed by atoms with Gasteiger partial charge in [0.2, 0.25) is 6.54 Å². The van der Waals surface area contributed by atoms with Gasteiger partial charge in [-0.2, -0.15) is 9.97 Å². The second-order valence-electron chi connectivity index (χ2n) is 12.2. The predicted octanol–water partition coefficient (Wildman–Crippen LogP) is 4.77. The van der Waals surface area contributed by atoms with Crippen molar-refractivity contribution in [1.82, 2.24) is 24.8 Å². The molecule has 0 radical (unpaired) electrons. The molecule has 0 N–H and O–H groups in total. The standard InChI is InChI=1S/C33H38ClFN8O2/c1-22(35)32(44)43-13-12-42(20-25(43)17-36-2)31-26-10-11-41(29-18-37-16-24-8-5-9-27(34)30(24)29)21-28(26)38-33(39-31)45-15-14-40(3)19-23-6-4-7-23/h5,8-9,16,18,23,25H,1,4,6-7,10-15,17,19-21H2,3H3/t25-/m0/s1. The number of piperazine rings is 1. The molecule has 1 atom stereocenters. The summed E-state index contributed by atoms with van der Waals surface area (Å²) >= 11 is 6.66. The molecule has 1 saturated carbocycles. The highest BCUT2D eigenvalue weighted by atomic mass is 35.5. The number of hydrogen-bond acceptors (Lipinski definition) is 8. The smallest absolute Gasteiger partial charge is 0.318 e. The largest absolute Gasteiger partial charge is 0.462 e. The zero-order valence-electron chi connectivity index (χ0n) is 25.6. The van der Waals surface area contributed by atoms with Gasteiger partial charge in [-0.05, 0) is 38.3 Å². The van der Waals surface area contributed by atoms with Gasteiger partial charge in [0, 0.05) is 61.8 Å². The van der Waals surface area contributed by atoms with E-state index in [9.17, 15) is 9.18 Å². The van der Waals surface area contributed by atoms with Crippen LogP contribution in [0.2, 0.25) is 5.02 Å². The first-order valence-electron chi connectivity index (χ1n) is 15.5. The van der Waals surface area contributed by atoms with Crippen LogP contribution in [0.1, 0.15) is 30.5 Å². The van der Waals surface area contributed by atoms with Gasteiger partial charge in [-0.1, -0.05) is 36.7 Å². The molecule has 3 aliphatic rings. The average Bonchev–Trinajstić information content (AvgIpc) is 3.02. The number of hydrogen-bond donors (Lipinski definition) is 0. The number of nitrogens with zero attached hydrogens (tertiary/aromatic N) is 8. The maximum absolute atomic E-state index is 13.8. The third kappa shape index (κ3) is 6.67. The molecule has 1 amide bonds. The number of rotatable bonds is 10. The highest BCUT2D eigenvalue weighted by molar-refractivity contribution is 6.36. The van der Waals surface area contributed by atoms with Crippen LogP contribution in [-0.4, -0.2) is 96.2 Å². The molecule has 1 aliphatic carbocycles. The van der Waals surface area contributed by atoms with Gasteiger partial charge in [0.05, 0.1) is 29.1 Å². The fourth-order valence-corrected chi connectivity index (χ4v) is 6.84. The highest BCUT2D eigenvalue weighted by Crippen LogP contribution is 2.37. The summed E-state index contributed by atoms with van der Waals surface area (Å²) in [5.41, 5.74) is 2.81. The van der Waals surface area contributed by atoms with Crippen molar-refractivity contribution in [2.75, 3.05) is 69.3 Å². The van der Waals surface area contributed by atoms with Crippen molar-refractivity contribution in [3.05, 3.63) is 70.7 Å². The molecule has 0 bridgehead atoms. The summed E-state index contributed by atoms with van der Waals surface area (Å²) in [7, 11) is 2.12. The quantitative estimate of drug-likeness (QED) is 0.234. The van der Waals surface area contributed by atoms with Crippen molar-refractivity contribution in [3.8, 4) is 6.01 Å². The molecule has 45 heavy (non-hydrogen) atoms. The first-order chi connectivity index (χ1) is 21.8. The maximum Gasteiger partial charge on any atom is 0.318 e. The lowest BCUT2D eigenvalue weighted by Gasteiger charge is -2.41. The molecule has 2 aromatic heterocycles. The second kappa shape index (κ2) is 13.5. The Morgan fingerprint density at radius 2 is 2.07 bits per heavy atom. The number of fused-ring (bicyclic) bond motifs is 2. The van der Waals surface area contributed by atoms with E-state index in [1.807, 2.05) is 30.6 Å². The van der Waals surface area contributed by atoms with Gasteiger partial charge >= 0.3 is 6.01 Å². The van der Waals surface area contributed by atoms with E-state index in [-0.39, 0.29) is 13.1 Å². The lowest BCUT2D eigenvalue weighted by atomic mass is 9.85. The number of carbonyl (C=O) groups is 1. The van der Waals surface area contributed by atoms with Gasteiger partial charge in [0.15, 0.2) is 5.83 Å². The minimum absolute atomic E-state index is 0.0576. The molecule has 0 unspecified atom stereocenters. The lowest BCUT2D eigenvalue weighted by Crippen LogP contribution is -2.57. The van der Waals surface area contributed by atoms with Crippen molar-refractivity contribution in [2.45, 2.75) is 38.3 Å². The van der Waals surface area contributed by atoms with E-state index >= 15 is 0 Å². The van der Waals surface area contributed by atoms with Gasteiger partial charge in [0.25, 0.3) is 5.91 Å². The molecule has 10 nitrogen and oxygen atoms in total. The molecule has 2 aliphatic heterocycles. The Morgan fingerprint density at radius 1 is 1.22 bits per heavy atom. The Labute approximate surface area is 268 Å². The summed E-state index contributed by atoms with van der Waals surface area (Å²) < 4.78 is 20.0. The van der Waals surface area contributed by atoms with E-state index in [4.69, 9.17) is 32.9 Å². The summed E-state index contributed by atoms with van der Waals surface area (Å²) in [4.78, 5) is 38.4. The molecular formula is C33H38ClFN8O2. The summed E-state index contributed by atoms with van der Waals surface area (Å²) in [6.45, 7) is 15.2. The minimum atomic E-state index is -1.01. The van der Waals surface area contributed by atoms with Crippen molar-refractivity contribution in [2.24, 2.45) is 5.92 Å². The van der Waals surface area contributed by atoms with Gasteiger partial charge in [0.1, 0.15) is 18.5 Å². The first-order valence-corrected chi connectivity index (χ1v) is 15.9. The van der Waals surface area contributed by atoms with Crippen molar-refractivity contribution >= 4 is 39.8 Å². The zero-order chi connectivity index (χ0) is 31.5. The molecule has 1 aromatic carbocycles. The van der Waals surface area contributed by atoms with E-state index in [0.717, 1.165) is 52.5 Å². The normalized spacial score (nSPS) is 18.5. The van der Waals surface area contributed by atoms with Gasteiger partial charge in [-0.15, -0.1) is 0 Å². The lowest BCUT2D eigenvalue weighted by molar-refractivity contribution is -0.131. The van der Waals surface area contributed by atoms with E-state index < -0.39 is 17.8 Å². The fraction of sp³-hybridized carbons (Fsp3) is 0.485. The highest BCUT2D eigenvalue weighted by Gasteiger charge is 2.36. The van der Waals surface area contributed by atoms with Crippen LogP contribution in [0.15, 0.2) is 43.0 Å².